The molecule has 4 heteroatoms. The second kappa shape index (κ2) is 9.03. The van der Waals surface area contributed by atoms with E-state index in [0.717, 1.165) is 25.0 Å². The molecule has 0 heterocycles. The first-order valence-electron chi connectivity index (χ1n) is 7.25. The van der Waals surface area contributed by atoms with Crippen LogP contribution in [0.1, 0.15) is 39.5 Å². The van der Waals surface area contributed by atoms with Crippen molar-refractivity contribution in [2.24, 2.45) is 0 Å². The van der Waals surface area contributed by atoms with Crippen molar-refractivity contribution in [3.63, 3.8) is 0 Å². The number of hydrogen-bond donors (Lipinski definition) is 2. The van der Waals surface area contributed by atoms with Gasteiger partial charge in [0, 0.05) is 11.3 Å². The van der Waals surface area contributed by atoms with Gasteiger partial charge in [-0.1, -0.05) is 32.0 Å². The van der Waals surface area contributed by atoms with Crippen LogP contribution in [-0.4, -0.2) is 28.9 Å². The predicted molar refractivity (Wildman–Crippen MR) is 84.9 cm³/mol. The molecule has 1 amide bonds. The Balaban J connectivity index is 2.26. The number of aliphatic hydroxyl groups is 1. The summed E-state index contributed by atoms with van der Waals surface area (Å²) in [5.74, 6) is 0.971. The Labute approximate surface area is 126 Å². The lowest BCUT2D eigenvalue weighted by Crippen LogP contribution is -2.50. The summed E-state index contributed by atoms with van der Waals surface area (Å²) in [6.45, 7) is 3.99. The molecule has 0 aliphatic heterocycles. The van der Waals surface area contributed by atoms with E-state index in [1.165, 1.54) is 4.90 Å². The summed E-state index contributed by atoms with van der Waals surface area (Å²) in [6, 6.07) is 10.2. The molecule has 1 aromatic carbocycles. The van der Waals surface area contributed by atoms with Crippen molar-refractivity contribution in [3.05, 3.63) is 30.3 Å². The summed E-state index contributed by atoms with van der Waals surface area (Å²) in [5.41, 5.74) is -0.441. The Kier molecular flexibility index (Phi) is 7.70. The van der Waals surface area contributed by atoms with Gasteiger partial charge in [0.05, 0.1) is 12.1 Å². The van der Waals surface area contributed by atoms with E-state index in [0.29, 0.717) is 6.42 Å². The van der Waals surface area contributed by atoms with Crippen molar-refractivity contribution < 1.29 is 9.90 Å². The largest absolute Gasteiger partial charge is 0.394 e. The van der Waals surface area contributed by atoms with E-state index in [9.17, 15) is 9.90 Å². The lowest BCUT2D eigenvalue weighted by atomic mass is 9.93. The van der Waals surface area contributed by atoms with Crippen molar-refractivity contribution in [1.29, 1.82) is 0 Å². The number of hydrogen-bond acceptors (Lipinski definition) is 3. The summed E-state index contributed by atoms with van der Waals surface area (Å²) < 4.78 is 0. The molecule has 0 fully saturated rings. The molecule has 0 aliphatic rings. The Morgan fingerprint density at radius 2 is 1.90 bits per heavy atom. The Hall–Kier alpha value is -1.00. The minimum atomic E-state index is -0.441. The normalized spacial score (nSPS) is 11.3. The minimum absolute atomic E-state index is 0.00447. The van der Waals surface area contributed by atoms with Gasteiger partial charge in [-0.15, -0.1) is 11.8 Å². The molecule has 0 aromatic heterocycles. The molecule has 0 saturated heterocycles. The van der Waals surface area contributed by atoms with Crippen LogP contribution >= 0.6 is 11.8 Å². The fourth-order valence-electron chi connectivity index (χ4n) is 1.99. The van der Waals surface area contributed by atoms with Gasteiger partial charge >= 0.3 is 0 Å². The van der Waals surface area contributed by atoms with Crippen molar-refractivity contribution in [2.75, 3.05) is 12.4 Å². The third-order valence-electron chi connectivity index (χ3n) is 3.62. The van der Waals surface area contributed by atoms with Crippen LogP contribution < -0.4 is 5.32 Å². The van der Waals surface area contributed by atoms with Crippen molar-refractivity contribution in [1.82, 2.24) is 5.32 Å². The van der Waals surface area contributed by atoms with Gasteiger partial charge in [-0.05, 0) is 37.1 Å². The van der Waals surface area contributed by atoms with E-state index >= 15 is 0 Å². The van der Waals surface area contributed by atoms with Gasteiger partial charge in [0.25, 0.3) is 0 Å². The maximum atomic E-state index is 11.9. The maximum absolute atomic E-state index is 11.9. The van der Waals surface area contributed by atoms with E-state index in [1.807, 2.05) is 32.0 Å². The highest BCUT2D eigenvalue weighted by atomic mass is 32.2. The molecule has 1 rings (SSSR count). The maximum Gasteiger partial charge on any atom is 0.220 e. The average molecular weight is 295 g/mol. The number of carbonyl (C=O) groups excluding carboxylic acids is 1. The van der Waals surface area contributed by atoms with Crippen LogP contribution in [0.2, 0.25) is 0 Å². The zero-order chi connectivity index (χ0) is 14.8. The van der Waals surface area contributed by atoms with E-state index in [2.05, 4.69) is 17.4 Å². The van der Waals surface area contributed by atoms with Crippen LogP contribution in [0.25, 0.3) is 0 Å². The van der Waals surface area contributed by atoms with Crippen LogP contribution in [-0.2, 0) is 4.79 Å². The van der Waals surface area contributed by atoms with Crippen molar-refractivity contribution in [3.8, 4) is 0 Å². The van der Waals surface area contributed by atoms with Crippen LogP contribution in [0.5, 0.6) is 0 Å². The molecule has 112 valence electrons. The highest BCUT2D eigenvalue weighted by molar-refractivity contribution is 7.99. The molecule has 0 spiro atoms. The first-order chi connectivity index (χ1) is 9.65. The number of rotatable bonds is 9. The summed E-state index contributed by atoms with van der Waals surface area (Å²) in [6.07, 6.45) is 2.87. The highest BCUT2D eigenvalue weighted by Crippen LogP contribution is 2.19. The molecule has 2 N–H and O–H groups in total. The van der Waals surface area contributed by atoms with Crippen LogP contribution in [0.4, 0.5) is 0 Å². The fraction of sp³-hybridized carbons (Fsp3) is 0.562. The third kappa shape index (κ3) is 5.55. The Bertz CT molecular complexity index is 382. The number of benzene rings is 1. The molecule has 0 saturated carbocycles. The summed E-state index contributed by atoms with van der Waals surface area (Å²) in [7, 11) is 0. The molecule has 0 bridgehead atoms. The summed E-state index contributed by atoms with van der Waals surface area (Å²) in [5, 5.41) is 12.4. The quantitative estimate of drug-likeness (QED) is 0.543. The second-order valence-electron chi connectivity index (χ2n) is 4.96. The van der Waals surface area contributed by atoms with Gasteiger partial charge in [-0.2, -0.15) is 0 Å². The first-order valence-corrected chi connectivity index (χ1v) is 8.24. The molecular weight excluding hydrogens is 270 g/mol. The van der Waals surface area contributed by atoms with Gasteiger partial charge in [-0.25, -0.2) is 0 Å². The van der Waals surface area contributed by atoms with E-state index < -0.39 is 5.54 Å². The molecule has 1 aromatic rings. The zero-order valence-corrected chi connectivity index (χ0v) is 13.2. The lowest BCUT2D eigenvalue weighted by molar-refractivity contribution is -0.123. The Morgan fingerprint density at radius 1 is 1.25 bits per heavy atom. The highest BCUT2D eigenvalue weighted by Gasteiger charge is 2.26. The molecule has 3 nitrogen and oxygen atoms in total. The first kappa shape index (κ1) is 17.1. The monoisotopic (exact) mass is 295 g/mol. The topological polar surface area (TPSA) is 49.3 Å². The molecule has 0 aliphatic carbocycles. The van der Waals surface area contributed by atoms with Gasteiger partial charge < -0.3 is 10.4 Å². The van der Waals surface area contributed by atoms with E-state index in [4.69, 9.17) is 0 Å². The van der Waals surface area contributed by atoms with Crippen LogP contribution in [0.15, 0.2) is 35.2 Å². The van der Waals surface area contributed by atoms with E-state index in [1.54, 1.807) is 11.8 Å². The number of amides is 1. The predicted octanol–water partition coefficient (Wildman–Crippen LogP) is 3.23. The van der Waals surface area contributed by atoms with E-state index in [-0.39, 0.29) is 12.5 Å². The number of aliphatic hydroxyl groups excluding tert-OH is 1. The summed E-state index contributed by atoms with van der Waals surface area (Å²) >= 11 is 1.77. The average Bonchev–Trinajstić information content (AvgIpc) is 2.50. The molecule has 0 atom stereocenters. The number of nitrogens with one attached hydrogen (secondary N) is 1. The van der Waals surface area contributed by atoms with Gasteiger partial charge in [0.15, 0.2) is 0 Å². The van der Waals surface area contributed by atoms with Gasteiger partial charge in [0.1, 0.15) is 0 Å². The molecule has 0 radical (unpaired) electrons. The Morgan fingerprint density at radius 3 is 2.45 bits per heavy atom. The number of thioether (sulfide) groups is 1. The standard InChI is InChI=1S/C16H25NO2S/c1-3-16(4-2,13-18)17-15(19)11-8-12-20-14-9-6-5-7-10-14/h5-7,9-10,18H,3-4,8,11-13H2,1-2H3,(H,17,19). The van der Waals surface area contributed by atoms with Crippen LogP contribution in [0.3, 0.4) is 0 Å². The van der Waals surface area contributed by atoms with Crippen LogP contribution in [0, 0.1) is 0 Å². The van der Waals surface area contributed by atoms with Gasteiger partial charge in [0.2, 0.25) is 5.91 Å². The smallest absolute Gasteiger partial charge is 0.220 e. The fourth-order valence-corrected chi connectivity index (χ4v) is 2.86. The van der Waals surface area contributed by atoms with Crippen molar-refractivity contribution >= 4 is 17.7 Å². The summed E-state index contributed by atoms with van der Waals surface area (Å²) in [4.78, 5) is 13.2. The second-order valence-corrected chi connectivity index (χ2v) is 6.13. The molecular formula is C16H25NO2S. The number of carbonyl (C=O) groups is 1. The third-order valence-corrected chi connectivity index (χ3v) is 4.72. The minimum Gasteiger partial charge on any atom is -0.394 e. The zero-order valence-electron chi connectivity index (χ0n) is 12.4. The molecule has 0 unspecified atom stereocenters. The lowest BCUT2D eigenvalue weighted by Gasteiger charge is -2.30. The van der Waals surface area contributed by atoms with Crippen molar-refractivity contribution in [2.45, 2.75) is 50.0 Å². The SMILES string of the molecule is CCC(CC)(CO)NC(=O)CCCSc1ccccc1. The van der Waals surface area contributed by atoms with Gasteiger partial charge in [-0.3, -0.25) is 4.79 Å². The molecule has 20 heavy (non-hydrogen) atoms.